The fourth-order valence-corrected chi connectivity index (χ4v) is 3.69. The third kappa shape index (κ3) is 1.36. The van der Waals surface area contributed by atoms with Gasteiger partial charge in [-0.1, -0.05) is 0 Å². The molecule has 1 aliphatic rings. The van der Waals surface area contributed by atoms with Crippen molar-refractivity contribution in [1.29, 1.82) is 0 Å². The Hall–Kier alpha value is 0.190. The van der Waals surface area contributed by atoms with Crippen LogP contribution in [-0.4, -0.2) is 31.1 Å². The second kappa shape index (κ2) is 2.43. The van der Waals surface area contributed by atoms with E-state index in [1.807, 2.05) is 18.8 Å². The van der Waals surface area contributed by atoms with Crippen LogP contribution in [0.5, 0.6) is 0 Å². The Bertz CT molecular complexity index is 134. The van der Waals surface area contributed by atoms with E-state index in [0.717, 1.165) is 25.2 Å². The SMILES string of the molecule is CN(C)P1(=O)CCCC1. The molecule has 0 N–H and O–H groups in total. The van der Waals surface area contributed by atoms with Crippen LogP contribution < -0.4 is 0 Å². The number of nitrogens with zero attached hydrogens (tertiary/aromatic N) is 1. The summed E-state index contributed by atoms with van der Waals surface area (Å²) in [5.41, 5.74) is 0. The third-order valence-corrected chi connectivity index (χ3v) is 5.48. The van der Waals surface area contributed by atoms with Gasteiger partial charge in [0.15, 0.2) is 0 Å². The van der Waals surface area contributed by atoms with Crippen molar-refractivity contribution in [2.75, 3.05) is 26.4 Å². The zero-order valence-electron chi connectivity index (χ0n) is 6.13. The quantitative estimate of drug-likeness (QED) is 0.525. The molecule has 0 aliphatic carbocycles. The molecule has 0 aromatic heterocycles. The third-order valence-electron chi connectivity index (χ3n) is 1.99. The molecule has 1 saturated heterocycles. The lowest BCUT2D eigenvalue weighted by molar-refractivity contribution is 0.520. The molecule has 2 nitrogen and oxygen atoms in total. The van der Waals surface area contributed by atoms with Crippen molar-refractivity contribution in [1.82, 2.24) is 4.67 Å². The minimum Gasteiger partial charge on any atom is -0.307 e. The number of rotatable bonds is 1. The van der Waals surface area contributed by atoms with Gasteiger partial charge in [-0.05, 0) is 26.9 Å². The molecule has 1 aliphatic heterocycles. The first-order valence-corrected chi connectivity index (χ1v) is 5.44. The zero-order valence-corrected chi connectivity index (χ0v) is 7.03. The Kier molecular flexibility index (Phi) is 1.97. The minimum atomic E-state index is -1.81. The lowest BCUT2D eigenvalue weighted by Crippen LogP contribution is -2.08. The van der Waals surface area contributed by atoms with Gasteiger partial charge in [0.05, 0.1) is 0 Å². The highest BCUT2D eigenvalue weighted by Gasteiger charge is 2.28. The Morgan fingerprint density at radius 2 is 1.67 bits per heavy atom. The van der Waals surface area contributed by atoms with Gasteiger partial charge < -0.3 is 4.57 Å². The smallest absolute Gasteiger partial charge is 0.149 e. The minimum absolute atomic E-state index is 0.944. The summed E-state index contributed by atoms with van der Waals surface area (Å²) in [6.07, 6.45) is 4.21. The maximum Gasteiger partial charge on any atom is 0.149 e. The van der Waals surface area contributed by atoms with E-state index in [-0.39, 0.29) is 0 Å². The van der Waals surface area contributed by atoms with Gasteiger partial charge in [0.2, 0.25) is 0 Å². The molecule has 0 aromatic rings. The van der Waals surface area contributed by atoms with Gasteiger partial charge >= 0.3 is 0 Å². The van der Waals surface area contributed by atoms with E-state index in [2.05, 4.69) is 0 Å². The van der Waals surface area contributed by atoms with Crippen LogP contribution in [0, 0.1) is 0 Å². The molecule has 0 radical (unpaired) electrons. The van der Waals surface area contributed by atoms with Gasteiger partial charge in [0, 0.05) is 12.3 Å². The standard InChI is InChI=1S/C6H14NOP/c1-7(2)9(8)5-3-4-6-9/h3-6H2,1-2H3. The summed E-state index contributed by atoms with van der Waals surface area (Å²) in [6, 6.07) is 0. The van der Waals surface area contributed by atoms with Crippen LogP contribution in [0.25, 0.3) is 0 Å². The Balaban J connectivity index is 2.62. The number of hydrogen-bond donors (Lipinski definition) is 0. The molecule has 0 spiro atoms. The Labute approximate surface area is 56.7 Å². The first-order chi connectivity index (χ1) is 4.15. The summed E-state index contributed by atoms with van der Waals surface area (Å²) in [4.78, 5) is 0. The first kappa shape index (κ1) is 7.30. The van der Waals surface area contributed by atoms with Gasteiger partial charge in [-0.15, -0.1) is 0 Å². The van der Waals surface area contributed by atoms with Crippen molar-refractivity contribution in [3.05, 3.63) is 0 Å². The van der Waals surface area contributed by atoms with E-state index in [9.17, 15) is 4.57 Å². The fraction of sp³-hybridized carbons (Fsp3) is 1.00. The second-order valence-electron chi connectivity index (χ2n) is 2.85. The first-order valence-electron chi connectivity index (χ1n) is 3.41. The summed E-state index contributed by atoms with van der Waals surface area (Å²) in [6.45, 7) is 0. The highest BCUT2D eigenvalue weighted by molar-refractivity contribution is 7.61. The molecular formula is C6H14NOP. The van der Waals surface area contributed by atoms with Gasteiger partial charge in [0.25, 0.3) is 0 Å². The number of hydrogen-bond acceptors (Lipinski definition) is 1. The van der Waals surface area contributed by atoms with E-state index in [1.165, 1.54) is 0 Å². The average Bonchev–Trinajstić information content (AvgIpc) is 2.16. The van der Waals surface area contributed by atoms with Crippen LogP contribution in [0.15, 0.2) is 0 Å². The van der Waals surface area contributed by atoms with Crippen LogP contribution in [0.2, 0.25) is 0 Å². The summed E-state index contributed by atoms with van der Waals surface area (Å²) in [5.74, 6) is 0. The topological polar surface area (TPSA) is 20.3 Å². The van der Waals surface area contributed by atoms with Crippen molar-refractivity contribution in [3.63, 3.8) is 0 Å². The van der Waals surface area contributed by atoms with Crippen LogP contribution in [-0.2, 0) is 4.57 Å². The maximum absolute atomic E-state index is 11.6. The van der Waals surface area contributed by atoms with Crippen LogP contribution in [0.1, 0.15) is 12.8 Å². The molecule has 0 amide bonds. The van der Waals surface area contributed by atoms with E-state index < -0.39 is 7.29 Å². The largest absolute Gasteiger partial charge is 0.307 e. The van der Waals surface area contributed by atoms with Crippen molar-refractivity contribution in [3.8, 4) is 0 Å². The molecule has 0 atom stereocenters. The molecule has 0 unspecified atom stereocenters. The fourth-order valence-electron chi connectivity index (χ4n) is 1.23. The second-order valence-corrected chi connectivity index (χ2v) is 6.23. The van der Waals surface area contributed by atoms with E-state index in [1.54, 1.807) is 0 Å². The molecule has 1 heterocycles. The van der Waals surface area contributed by atoms with Crippen LogP contribution in [0.4, 0.5) is 0 Å². The molecule has 0 bridgehead atoms. The van der Waals surface area contributed by atoms with E-state index in [0.29, 0.717) is 0 Å². The monoisotopic (exact) mass is 147 g/mol. The van der Waals surface area contributed by atoms with Crippen molar-refractivity contribution in [2.24, 2.45) is 0 Å². The van der Waals surface area contributed by atoms with E-state index >= 15 is 0 Å². The van der Waals surface area contributed by atoms with Gasteiger partial charge in [0.1, 0.15) is 7.29 Å². The molecule has 1 fully saturated rings. The highest BCUT2D eigenvalue weighted by Crippen LogP contribution is 2.53. The van der Waals surface area contributed by atoms with Crippen molar-refractivity contribution in [2.45, 2.75) is 12.8 Å². The predicted octanol–water partition coefficient (Wildman–Crippen LogP) is 1.62. The summed E-state index contributed by atoms with van der Waals surface area (Å²) in [7, 11) is 2.04. The van der Waals surface area contributed by atoms with Crippen molar-refractivity contribution >= 4 is 7.29 Å². The maximum atomic E-state index is 11.6. The summed E-state index contributed by atoms with van der Waals surface area (Å²) in [5, 5.41) is 0. The molecule has 0 aromatic carbocycles. The molecule has 0 saturated carbocycles. The van der Waals surface area contributed by atoms with E-state index in [4.69, 9.17) is 0 Å². The van der Waals surface area contributed by atoms with Crippen LogP contribution >= 0.6 is 7.29 Å². The summed E-state index contributed by atoms with van der Waals surface area (Å²) >= 11 is 0. The predicted molar refractivity (Wildman–Crippen MR) is 40.3 cm³/mol. The normalized spacial score (nSPS) is 25.2. The Morgan fingerprint density at radius 1 is 1.22 bits per heavy atom. The lowest BCUT2D eigenvalue weighted by atomic mass is 10.4. The van der Waals surface area contributed by atoms with Gasteiger partial charge in [-0.2, -0.15) is 0 Å². The molecular weight excluding hydrogens is 133 g/mol. The van der Waals surface area contributed by atoms with Gasteiger partial charge in [-0.25, -0.2) is 0 Å². The summed E-state index contributed by atoms with van der Waals surface area (Å²) < 4.78 is 13.6. The van der Waals surface area contributed by atoms with Gasteiger partial charge in [-0.3, -0.25) is 4.67 Å². The van der Waals surface area contributed by atoms with Crippen LogP contribution in [0.3, 0.4) is 0 Å². The zero-order chi connectivity index (χ0) is 6.91. The Morgan fingerprint density at radius 3 is 1.89 bits per heavy atom. The average molecular weight is 147 g/mol. The molecule has 54 valence electrons. The lowest BCUT2D eigenvalue weighted by Gasteiger charge is -2.18. The molecule has 1 rings (SSSR count). The van der Waals surface area contributed by atoms with Crippen molar-refractivity contribution < 1.29 is 4.57 Å². The molecule has 9 heavy (non-hydrogen) atoms. The highest BCUT2D eigenvalue weighted by atomic mass is 31.2. The molecule has 3 heteroatoms.